The maximum atomic E-state index is 15.9. The van der Waals surface area contributed by atoms with Gasteiger partial charge in [-0.15, -0.1) is 0 Å². The summed E-state index contributed by atoms with van der Waals surface area (Å²) in [6.45, 7) is 9.09. The van der Waals surface area contributed by atoms with Gasteiger partial charge in [0.25, 0.3) is 0 Å². The van der Waals surface area contributed by atoms with Gasteiger partial charge in [0.1, 0.15) is 11.2 Å². The van der Waals surface area contributed by atoms with Crippen LogP contribution in [0, 0.1) is 58.2 Å². The highest BCUT2D eigenvalue weighted by molar-refractivity contribution is 6.00. The zero-order chi connectivity index (χ0) is 39.6. The lowest BCUT2D eigenvalue weighted by molar-refractivity contribution is -0.278. The van der Waals surface area contributed by atoms with Crippen LogP contribution < -0.4 is 5.73 Å². The molecule has 0 amide bonds. The van der Waals surface area contributed by atoms with Crippen LogP contribution in [-0.2, 0) is 26.3 Å². The van der Waals surface area contributed by atoms with Crippen molar-refractivity contribution in [3.8, 4) is 0 Å². The van der Waals surface area contributed by atoms with Crippen LogP contribution in [-0.4, -0.2) is 60.0 Å². The molecule has 0 radical (unpaired) electrons. The molecule has 15 aliphatic rings. The molecule has 3 saturated carbocycles. The van der Waals surface area contributed by atoms with Gasteiger partial charge >= 0.3 is 11.9 Å². The first-order chi connectivity index (χ1) is 28.8. The number of hydrogen-bond donors (Lipinski definition) is 1. The van der Waals surface area contributed by atoms with Crippen molar-refractivity contribution in [2.24, 2.45) is 63.9 Å². The molecule has 59 heavy (non-hydrogen) atoms. The minimum absolute atomic E-state index is 0.0447. The molecule has 2 N–H and O–H groups in total. The number of carbonyl (C=O) groups excluding carboxylic acids is 2. The lowest BCUT2D eigenvalue weighted by Gasteiger charge is -2.72. The summed E-state index contributed by atoms with van der Waals surface area (Å²) >= 11 is 0. The molecule has 3 saturated heterocycles. The van der Waals surface area contributed by atoms with Crippen molar-refractivity contribution >= 4 is 11.9 Å². The van der Waals surface area contributed by atoms with Gasteiger partial charge in [-0.1, -0.05) is 68.5 Å². The van der Waals surface area contributed by atoms with Crippen molar-refractivity contribution < 1.29 is 19.1 Å². The van der Waals surface area contributed by atoms with E-state index >= 15 is 4.79 Å². The SMILES string of the molecule is CC1CCC2=CC3C(C)CC4=C5C3C3=C2C26C(=O)OC(=CCC(C7CCCCC7)N7CC8CC(C7)C(CC4)N5C8)C2(CC3)C2(OC(=O)c3c(CCCN)cccc32)C6C1. The van der Waals surface area contributed by atoms with Crippen molar-refractivity contribution in [1.29, 1.82) is 0 Å². The van der Waals surface area contributed by atoms with Crippen LogP contribution in [0.15, 0.2) is 64.1 Å². The molecule has 9 aliphatic heterocycles. The average Bonchev–Trinajstić information content (AvgIpc) is 3.69. The van der Waals surface area contributed by atoms with Gasteiger partial charge in [-0.25, -0.2) is 4.79 Å². The molecule has 6 aliphatic carbocycles. The number of hydrogen-bond acceptors (Lipinski definition) is 7. The molecular weight excluding hydrogens is 731 g/mol. The third-order valence-electron chi connectivity index (χ3n) is 19.6. The Labute approximate surface area is 351 Å². The molecule has 3 spiro atoms. The maximum Gasteiger partial charge on any atom is 0.339 e. The molecule has 12 bridgehead atoms. The van der Waals surface area contributed by atoms with Gasteiger partial charge in [-0.2, -0.15) is 0 Å². The molecule has 1 aromatic rings. The summed E-state index contributed by atoms with van der Waals surface area (Å²) in [5.41, 5.74) is 14.1. The highest BCUT2D eigenvalue weighted by Crippen LogP contribution is 2.88. The molecular formula is C52H65N3O4. The van der Waals surface area contributed by atoms with E-state index in [0.717, 1.165) is 73.8 Å². The number of ether oxygens (including phenoxy) is 2. The lowest BCUT2D eigenvalue weighted by Crippen LogP contribution is -2.77. The average molecular weight is 796 g/mol. The number of esters is 2. The zero-order valence-corrected chi connectivity index (χ0v) is 35.6. The largest absolute Gasteiger partial charge is 0.449 e. The summed E-state index contributed by atoms with van der Waals surface area (Å²) in [5, 5.41) is 0. The van der Waals surface area contributed by atoms with Gasteiger partial charge in [0, 0.05) is 54.8 Å². The van der Waals surface area contributed by atoms with Gasteiger partial charge in [0.2, 0.25) is 0 Å². The molecule has 13 unspecified atom stereocenters. The molecule has 312 valence electrons. The fraction of sp³-hybridized carbons (Fsp3) is 0.692. The van der Waals surface area contributed by atoms with E-state index < -0.39 is 16.4 Å². The lowest BCUT2D eigenvalue weighted by atomic mass is 9.28. The second-order valence-electron chi connectivity index (χ2n) is 22.1. The van der Waals surface area contributed by atoms with E-state index in [1.165, 1.54) is 88.6 Å². The van der Waals surface area contributed by atoms with E-state index in [2.05, 4.69) is 54.0 Å². The topological polar surface area (TPSA) is 85.1 Å². The maximum absolute atomic E-state index is 15.9. The smallest absolute Gasteiger partial charge is 0.339 e. The van der Waals surface area contributed by atoms with E-state index in [9.17, 15) is 4.79 Å². The number of nitrogens with two attached hydrogens (primary N) is 1. The minimum Gasteiger partial charge on any atom is -0.449 e. The molecule has 6 fully saturated rings. The van der Waals surface area contributed by atoms with Gasteiger partial charge in [0.05, 0.1) is 11.0 Å². The Bertz CT molecular complexity index is 2180. The van der Waals surface area contributed by atoms with Gasteiger partial charge in [0.15, 0.2) is 5.60 Å². The van der Waals surface area contributed by atoms with Crippen LogP contribution >= 0.6 is 0 Å². The summed E-state index contributed by atoms with van der Waals surface area (Å²) in [6, 6.07) is 7.53. The first-order valence-corrected chi connectivity index (χ1v) is 24.5. The van der Waals surface area contributed by atoms with Crippen molar-refractivity contribution in [1.82, 2.24) is 9.80 Å². The number of carbonyl (C=O) groups is 2. The molecule has 9 heterocycles. The summed E-state index contributed by atoms with van der Waals surface area (Å²) in [7, 11) is 0. The van der Waals surface area contributed by atoms with Crippen molar-refractivity contribution in [2.45, 2.75) is 141 Å². The normalized spacial score (nSPS) is 45.0. The Morgan fingerprint density at radius 3 is 2.68 bits per heavy atom. The van der Waals surface area contributed by atoms with Crippen LogP contribution in [0.3, 0.4) is 0 Å². The second kappa shape index (κ2) is 12.7. The van der Waals surface area contributed by atoms with Crippen LogP contribution in [0.25, 0.3) is 0 Å². The summed E-state index contributed by atoms with van der Waals surface area (Å²) in [6.07, 6.45) is 24.0. The highest BCUT2D eigenvalue weighted by Gasteiger charge is 2.93. The number of aryl methyl sites for hydroxylation is 1. The Morgan fingerprint density at radius 2 is 1.81 bits per heavy atom. The number of rotatable bonds is 4. The van der Waals surface area contributed by atoms with Crippen molar-refractivity contribution in [3.05, 3.63) is 80.8 Å². The van der Waals surface area contributed by atoms with E-state index in [4.69, 9.17) is 15.2 Å². The van der Waals surface area contributed by atoms with E-state index in [0.29, 0.717) is 60.1 Å². The van der Waals surface area contributed by atoms with Crippen LogP contribution in [0.5, 0.6) is 0 Å². The Kier molecular flexibility index (Phi) is 7.86. The van der Waals surface area contributed by atoms with Gasteiger partial charge in [-0.3, -0.25) is 9.69 Å². The highest BCUT2D eigenvalue weighted by atomic mass is 16.6. The third kappa shape index (κ3) is 4.39. The van der Waals surface area contributed by atoms with Crippen LogP contribution in [0.4, 0.5) is 0 Å². The van der Waals surface area contributed by atoms with E-state index in [1.807, 2.05) is 0 Å². The van der Waals surface area contributed by atoms with Crippen molar-refractivity contribution in [3.63, 3.8) is 0 Å². The fourth-order valence-corrected chi connectivity index (χ4v) is 17.7. The zero-order valence-electron chi connectivity index (χ0n) is 35.6. The third-order valence-corrected chi connectivity index (χ3v) is 19.6. The fourth-order valence-electron chi connectivity index (χ4n) is 17.7. The first-order valence-electron chi connectivity index (χ1n) is 24.5. The summed E-state index contributed by atoms with van der Waals surface area (Å²) in [4.78, 5) is 36.6. The molecule has 16 rings (SSSR count). The van der Waals surface area contributed by atoms with E-state index in [1.54, 1.807) is 16.8 Å². The van der Waals surface area contributed by atoms with E-state index in [-0.39, 0.29) is 17.9 Å². The number of nitrogens with zero attached hydrogens (tertiary/aromatic N) is 2. The Balaban J connectivity index is 1.09. The first kappa shape index (κ1) is 36.5. The van der Waals surface area contributed by atoms with Crippen molar-refractivity contribution in [2.75, 3.05) is 26.2 Å². The quantitative estimate of drug-likeness (QED) is 0.305. The predicted molar refractivity (Wildman–Crippen MR) is 226 cm³/mol. The molecule has 0 aromatic heterocycles. The Hall–Kier alpha value is -3.16. The molecule has 1 aromatic carbocycles. The van der Waals surface area contributed by atoms with Crippen LogP contribution in [0.1, 0.15) is 138 Å². The van der Waals surface area contributed by atoms with Gasteiger partial charge < -0.3 is 20.1 Å². The number of fused-ring (bicyclic) bond motifs is 3. The van der Waals surface area contributed by atoms with Crippen LogP contribution in [0.2, 0.25) is 0 Å². The predicted octanol–water partition coefficient (Wildman–Crippen LogP) is 9.13. The summed E-state index contributed by atoms with van der Waals surface area (Å²) in [5.74, 6) is 4.23. The standard InChI is InChI=1S/C52H65N3O4/c1-29-13-14-34-25-38-30(2)23-35-15-16-41-36-24-31-26-54(28-36)40(32-8-4-3-5-9-32)17-18-43-50-20-19-37(45(38)47(35)55(41)27-31)46(34)51(50,49(57)58-43)42(22-29)52(50)39-12-6-10-33(11-7-21-53)44(39)48(56)59-52/h6,10,12,18,25,29-32,36,38,40-42,45H,3-5,7-9,11,13-17,19-24,26-28,53H2,1-2H3. The number of allylic oxidation sites excluding steroid dienone is 4. The Morgan fingerprint density at radius 1 is 0.932 bits per heavy atom. The van der Waals surface area contributed by atoms with Gasteiger partial charge in [-0.05, 0) is 155 Å². The molecule has 7 heteroatoms. The monoisotopic (exact) mass is 795 g/mol. The number of piperidine rings is 2. The minimum atomic E-state index is -0.946. The number of benzene rings is 1. The summed E-state index contributed by atoms with van der Waals surface area (Å²) < 4.78 is 14.3. The molecule has 13 atom stereocenters. The second-order valence-corrected chi connectivity index (χ2v) is 22.1. The molecule has 7 nitrogen and oxygen atoms in total.